The second kappa shape index (κ2) is 6.96. The van der Waals surface area contributed by atoms with Crippen molar-refractivity contribution in [1.82, 2.24) is 0 Å². The second-order valence-electron chi connectivity index (χ2n) is 5.06. The molecule has 0 aliphatic heterocycles. The summed E-state index contributed by atoms with van der Waals surface area (Å²) in [6.45, 7) is 2.51. The number of anilines is 1. The van der Waals surface area contributed by atoms with E-state index in [0.29, 0.717) is 5.75 Å². The Kier molecular flexibility index (Phi) is 5.26. The zero-order chi connectivity index (χ0) is 15.4. The van der Waals surface area contributed by atoms with Crippen molar-refractivity contribution in [3.63, 3.8) is 0 Å². The average molecular weight is 350 g/mol. The fourth-order valence-corrected chi connectivity index (χ4v) is 2.90. The van der Waals surface area contributed by atoms with Crippen LogP contribution in [0.25, 0.3) is 0 Å². The average Bonchev–Trinajstić information content (AvgIpc) is 2.46. The first-order valence-electron chi connectivity index (χ1n) is 6.83. The van der Waals surface area contributed by atoms with Crippen LogP contribution >= 0.6 is 15.9 Å². The molecule has 0 amide bonds. The molecule has 0 aliphatic carbocycles. The Morgan fingerprint density at radius 1 is 1.24 bits per heavy atom. The van der Waals surface area contributed by atoms with Crippen LogP contribution in [0.3, 0.4) is 0 Å². The number of aliphatic hydroxyl groups is 1. The lowest BCUT2D eigenvalue weighted by atomic mass is 10.1. The van der Waals surface area contributed by atoms with Crippen LogP contribution in [0.15, 0.2) is 46.9 Å². The summed E-state index contributed by atoms with van der Waals surface area (Å²) in [4.78, 5) is 2.12. The summed E-state index contributed by atoms with van der Waals surface area (Å²) in [5, 5.41) is 10.1. The highest BCUT2D eigenvalue weighted by atomic mass is 79.9. The molecule has 2 rings (SSSR count). The zero-order valence-corrected chi connectivity index (χ0v) is 14.1. The van der Waals surface area contributed by atoms with Crippen molar-refractivity contribution in [1.29, 1.82) is 0 Å². The summed E-state index contributed by atoms with van der Waals surface area (Å²) < 4.78 is 6.44. The highest BCUT2D eigenvalue weighted by Crippen LogP contribution is 2.34. The fraction of sp³-hybridized carbons (Fsp3) is 0.294. The third-order valence-corrected chi connectivity index (χ3v) is 3.89. The molecule has 112 valence electrons. The Hall–Kier alpha value is -1.52. The summed E-state index contributed by atoms with van der Waals surface area (Å²) in [5.41, 5.74) is 2.99. The molecule has 2 aromatic carbocycles. The Bertz CT molecular complexity index is 613. The van der Waals surface area contributed by atoms with Gasteiger partial charge in [0, 0.05) is 29.3 Å². The molecule has 0 fully saturated rings. The molecule has 0 spiro atoms. The molecule has 1 N–H and O–H groups in total. The lowest BCUT2D eigenvalue weighted by molar-refractivity contribution is 0.194. The van der Waals surface area contributed by atoms with E-state index in [-0.39, 0.29) is 0 Å². The van der Waals surface area contributed by atoms with Gasteiger partial charge in [-0.15, -0.1) is 0 Å². The smallest absolute Gasteiger partial charge is 0.126 e. The number of aliphatic hydroxyl groups excluding tert-OH is 1. The van der Waals surface area contributed by atoms with Crippen molar-refractivity contribution >= 4 is 21.6 Å². The molecule has 0 radical (unpaired) electrons. The van der Waals surface area contributed by atoms with E-state index in [4.69, 9.17) is 4.74 Å². The zero-order valence-electron chi connectivity index (χ0n) is 12.5. The molecule has 0 saturated carbocycles. The number of ether oxygens (including phenoxy) is 1. The molecular formula is C17H20BrNO2. The minimum absolute atomic E-state index is 0.582. The van der Waals surface area contributed by atoms with Crippen molar-refractivity contribution < 1.29 is 9.84 Å². The Labute approximate surface area is 134 Å². The number of methoxy groups -OCH3 is 1. The van der Waals surface area contributed by atoms with Crippen LogP contribution in [0.4, 0.5) is 5.69 Å². The second-order valence-corrected chi connectivity index (χ2v) is 5.97. The molecule has 3 nitrogen and oxygen atoms in total. The molecule has 0 saturated heterocycles. The molecule has 0 heterocycles. The lowest BCUT2D eigenvalue weighted by Crippen LogP contribution is -2.19. The van der Waals surface area contributed by atoms with Gasteiger partial charge in [-0.25, -0.2) is 0 Å². The van der Waals surface area contributed by atoms with E-state index in [2.05, 4.69) is 33.0 Å². The van der Waals surface area contributed by atoms with Crippen LogP contribution in [-0.4, -0.2) is 19.3 Å². The Morgan fingerprint density at radius 2 is 1.95 bits per heavy atom. The minimum Gasteiger partial charge on any atom is -0.496 e. The molecule has 4 heteroatoms. The van der Waals surface area contributed by atoms with Crippen molar-refractivity contribution in [3.05, 3.63) is 58.1 Å². The topological polar surface area (TPSA) is 32.7 Å². The fourth-order valence-electron chi connectivity index (χ4n) is 2.46. The maximum absolute atomic E-state index is 10.1. The van der Waals surface area contributed by atoms with E-state index < -0.39 is 6.10 Å². The van der Waals surface area contributed by atoms with Gasteiger partial charge in [0.25, 0.3) is 0 Å². The van der Waals surface area contributed by atoms with Gasteiger partial charge in [0.15, 0.2) is 0 Å². The van der Waals surface area contributed by atoms with E-state index in [1.165, 1.54) is 5.56 Å². The quantitative estimate of drug-likeness (QED) is 0.880. The first-order valence-corrected chi connectivity index (χ1v) is 7.62. The van der Waals surface area contributed by atoms with Gasteiger partial charge in [0.2, 0.25) is 0 Å². The Balaban J connectivity index is 2.32. The van der Waals surface area contributed by atoms with Crippen LogP contribution in [0, 0.1) is 0 Å². The van der Waals surface area contributed by atoms with E-state index in [9.17, 15) is 5.11 Å². The largest absolute Gasteiger partial charge is 0.496 e. The minimum atomic E-state index is -0.582. The van der Waals surface area contributed by atoms with Crippen LogP contribution in [0.2, 0.25) is 0 Å². The van der Waals surface area contributed by atoms with E-state index in [1.807, 2.05) is 37.4 Å². The van der Waals surface area contributed by atoms with E-state index in [1.54, 1.807) is 14.0 Å². The van der Waals surface area contributed by atoms with Crippen molar-refractivity contribution in [2.45, 2.75) is 19.6 Å². The SMILES string of the molecule is COc1cccc(N(C)Cc2cccc(Br)c2)c1[C@H](C)O. The Morgan fingerprint density at radius 3 is 2.57 bits per heavy atom. The van der Waals surface area contributed by atoms with Gasteiger partial charge in [0.1, 0.15) is 5.75 Å². The normalized spacial score (nSPS) is 12.0. The number of hydrogen-bond acceptors (Lipinski definition) is 3. The van der Waals surface area contributed by atoms with Crippen LogP contribution in [0.1, 0.15) is 24.2 Å². The predicted molar refractivity (Wildman–Crippen MR) is 89.9 cm³/mol. The third-order valence-electron chi connectivity index (χ3n) is 3.40. The van der Waals surface area contributed by atoms with Gasteiger partial charge in [-0.3, -0.25) is 0 Å². The van der Waals surface area contributed by atoms with Gasteiger partial charge in [-0.2, -0.15) is 0 Å². The van der Waals surface area contributed by atoms with Crippen molar-refractivity contribution in [3.8, 4) is 5.75 Å². The van der Waals surface area contributed by atoms with E-state index >= 15 is 0 Å². The van der Waals surface area contributed by atoms with Gasteiger partial charge in [-0.1, -0.05) is 34.1 Å². The molecule has 2 aromatic rings. The van der Waals surface area contributed by atoms with Gasteiger partial charge in [0.05, 0.1) is 13.2 Å². The molecule has 0 aromatic heterocycles. The molecule has 21 heavy (non-hydrogen) atoms. The number of rotatable bonds is 5. The molecule has 0 unspecified atom stereocenters. The van der Waals surface area contributed by atoms with Gasteiger partial charge < -0.3 is 14.7 Å². The van der Waals surface area contributed by atoms with Crippen LogP contribution in [-0.2, 0) is 6.54 Å². The summed E-state index contributed by atoms with van der Waals surface area (Å²) in [6, 6.07) is 14.0. The standard InChI is InChI=1S/C17H20BrNO2/c1-12(20)17-15(8-5-9-16(17)21-3)19(2)11-13-6-4-7-14(18)10-13/h4-10,12,20H,11H2,1-3H3/t12-/m0/s1. The monoisotopic (exact) mass is 349 g/mol. The molecule has 0 aliphatic rings. The summed E-state index contributed by atoms with van der Waals surface area (Å²) in [7, 11) is 3.64. The number of benzene rings is 2. The highest BCUT2D eigenvalue weighted by molar-refractivity contribution is 9.10. The van der Waals surface area contributed by atoms with Gasteiger partial charge >= 0.3 is 0 Å². The predicted octanol–water partition coefficient (Wildman–Crippen LogP) is 4.15. The summed E-state index contributed by atoms with van der Waals surface area (Å²) >= 11 is 3.49. The summed E-state index contributed by atoms with van der Waals surface area (Å²) in [5.74, 6) is 0.712. The summed E-state index contributed by atoms with van der Waals surface area (Å²) in [6.07, 6.45) is -0.582. The first-order chi connectivity index (χ1) is 10.0. The maximum Gasteiger partial charge on any atom is 0.126 e. The molecular weight excluding hydrogens is 330 g/mol. The van der Waals surface area contributed by atoms with Gasteiger partial charge in [-0.05, 0) is 36.8 Å². The first kappa shape index (κ1) is 15.9. The molecule has 0 bridgehead atoms. The lowest BCUT2D eigenvalue weighted by Gasteiger charge is -2.25. The van der Waals surface area contributed by atoms with E-state index in [0.717, 1.165) is 22.3 Å². The van der Waals surface area contributed by atoms with Crippen LogP contribution in [0.5, 0.6) is 5.75 Å². The highest BCUT2D eigenvalue weighted by Gasteiger charge is 2.16. The number of hydrogen-bond donors (Lipinski definition) is 1. The van der Waals surface area contributed by atoms with Crippen molar-refractivity contribution in [2.75, 3.05) is 19.1 Å². The third kappa shape index (κ3) is 3.77. The van der Waals surface area contributed by atoms with Crippen molar-refractivity contribution in [2.24, 2.45) is 0 Å². The maximum atomic E-state index is 10.1. The van der Waals surface area contributed by atoms with Crippen LogP contribution < -0.4 is 9.64 Å². The number of nitrogens with zero attached hydrogens (tertiary/aromatic N) is 1. The molecule has 1 atom stereocenters. The number of halogens is 1.